The van der Waals surface area contributed by atoms with Crippen LogP contribution in [0.5, 0.6) is 0 Å². The molecule has 0 atom stereocenters. The summed E-state index contributed by atoms with van der Waals surface area (Å²) in [5.74, 6) is -0.0243. The summed E-state index contributed by atoms with van der Waals surface area (Å²) in [5.41, 5.74) is 0.944. The third-order valence-electron chi connectivity index (χ3n) is 4.05. The van der Waals surface area contributed by atoms with Crippen LogP contribution in [0, 0.1) is 6.92 Å². The first-order chi connectivity index (χ1) is 10.2. The maximum Gasteiger partial charge on any atom is 0.252 e. The Balaban J connectivity index is 0.00000132. The number of pyridine rings is 1. The average molecular weight is 358 g/mol. The molecule has 0 aromatic carbocycles. The summed E-state index contributed by atoms with van der Waals surface area (Å²) in [6.07, 6.45) is 6.74. The van der Waals surface area contributed by atoms with Crippen LogP contribution in [0.1, 0.15) is 18.5 Å². The van der Waals surface area contributed by atoms with Gasteiger partial charge in [0.25, 0.3) is 5.91 Å². The number of halogens is 2. The minimum Gasteiger partial charge on any atom is -0.322 e. The molecule has 1 saturated heterocycles. The van der Waals surface area contributed by atoms with E-state index >= 15 is 0 Å². The maximum atomic E-state index is 12.9. The highest BCUT2D eigenvalue weighted by molar-refractivity contribution is 5.97. The van der Waals surface area contributed by atoms with Gasteiger partial charge in [-0.2, -0.15) is 5.10 Å². The number of hydrogen-bond acceptors (Lipinski definition) is 4. The van der Waals surface area contributed by atoms with E-state index in [-0.39, 0.29) is 30.7 Å². The van der Waals surface area contributed by atoms with Gasteiger partial charge in [0.05, 0.1) is 11.4 Å². The van der Waals surface area contributed by atoms with E-state index in [1.54, 1.807) is 17.1 Å². The van der Waals surface area contributed by atoms with E-state index in [0.717, 1.165) is 37.3 Å². The monoisotopic (exact) mass is 357 g/mol. The topological polar surface area (TPSA) is 71.8 Å². The van der Waals surface area contributed by atoms with Gasteiger partial charge in [-0.1, -0.05) is 0 Å². The predicted octanol–water partition coefficient (Wildman–Crippen LogP) is 2.15. The number of anilines is 1. The highest BCUT2D eigenvalue weighted by Crippen LogP contribution is 2.29. The first kappa shape index (κ1) is 19.4. The van der Waals surface area contributed by atoms with Gasteiger partial charge < -0.3 is 10.6 Å². The van der Waals surface area contributed by atoms with Gasteiger partial charge in [0.15, 0.2) is 0 Å². The van der Waals surface area contributed by atoms with Crippen molar-refractivity contribution in [2.75, 3.05) is 18.4 Å². The quantitative estimate of drug-likeness (QED) is 0.882. The number of aromatic nitrogens is 3. The van der Waals surface area contributed by atoms with Gasteiger partial charge in [0.2, 0.25) is 0 Å². The minimum atomic E-state index is -0.628. The van der Waals surface area contributed by atoms with Crippen LogP contribution < -0.4 is 10.6 Å². The Morgan fingerprint density at radius 3 is 2.61 bits per heavy atom. The molecule has 1 amide bonds. The molecule has 2 N–H and O–H groups in total. The van der Waals surface area contributed by atoms with Gasteiger partial charge in [-0.05, 0) is 51.1 Å². The van der Waals surface area contributed by atoms with Crippen LogP contribution in [-0.2, 0) is 10.3 Å². The summed E-state index contributed by atoms with van der Waals surface area (Å²) < 4.78 is 1.79. The molecule has 3 rings (SSSR count). The summed E-state index contributed by atoms with van der Waals surface area (Å²) in [6, 6.07) is 5.55. The Hall–Kier alpha value is -1.63. The molecule has 126 valence electrons. The Labute approximate surface area is 147 Å². The van der Waals surface area contributed by atoms with Crippen LogP contribution in [-0.4, -0.2) is 33.8 Å². The van der Waals surface area contributed by atoms with Crippen LogP contribution in [0.4, 0.5) is 5.69 Å². The zero-order valence-corrected chi connectivity index (χ0v) is 14.5. The first-order valence-electron chi connectivity index (χ1n) is 7.16. The largest absolute Gasteiger partial charge is 0.322 e. The molecule has 3 heterocycles. The molecular weight excluding hydrogens is 337 g/mol. The zero-order chi connectivity index (χ0) is 14.7. The molecule has 23 heavy (non-hydrogen) atoms. The highest BCUT2D eigenvalue weighted by Gasteiger charge is 2.42. The van der Waals surface area contributed by atoms with Gasteiger partial charge in [-0.25, -0.2) is 0 Å². The Kier molecular flexibility index (Phi) is 7.00. The number of carbonyl (C=O) groups excluding carboxylic acids is 1. The van der Waals surface area contributed by atoms with Crippen molar-refractivity contribution in [1.82, 2.24) is 20.1 Å². The van der Waals surface area contributed by atoms with Gasteiger partial charge in [-0.15, -0.1) is 24.8 Å². The predicted molar refractivity (Wildman–Crippen MR) is 94.4 cm³/mol. The molecule has 0 unspecified atom stereocenters. The average Bonchev–Trinajstić information content (AvgIpc) is 3.05. The number of hydrogen-bond donors (Lipinski definition) is 2. The van der Waals surface area contributed by atoms with E-state index in [1.165, 1.54) is 0 Å². The summed E-state index contributed by atoms with van der Waals surface area (Å²) in [4.78, 5) is 17.1. The van der Waals surface area contributed by atoms with Crippen molar-refractivity contribution in [2.24, 2.45) is 0 Å². The number of nitrogens with zero attached hydrogens (tertiary/aromatic N) is 3. The van der Waals surface area contributed by atoms with Crippen molar-refractivity contribution in [2.45, 2.75) is 25.3 Å². The van der Waals surface area contributed by atoms with Crippen molar-refractivity contribution in [3.63, 3.8) is 0 Å². The first-order valence-corrected chi connectivity index (χ1v) is 7.16. The molecule has 2 aromatic rings. The molecule has 0 bridgehead atoms. The summed E-state index contributed by atoms with van der Waals surface area (Å²) >= 11 is 0. The van der Waals surface area contributed by atoms with Gasteiger partial charge in [-0.3, -0.25) is 14.5 Å². The Bertz CT molecular complexity index is 627. The number of aryl methyl sites for hydroxylation is 1. The Morgan fingerprint density at radius 1 is 1.26 bits per heavy atom. The number of carbonyl (C=O) groups is 1. The molecule has 1 aliphatic rings. The van der Waals surface area contributed by atoms with Gasteiger partial charge >= 0.3 is 0 Å². The molecule has 2 aromatic heterocycles. The number of amides is 1. The molecule has 1 fully saturated rings. The number of nitrogens with one attached hydrogen (secondary N) is 2. The summed E-state index contributed by atoms with van der Waals surface area (Å²) in [6.45, 7) is 3.50. The highest BCUT2D eigenvalue weighted by atomic mass is 35.5. The van der Waals surface area contributed by atoms with Crippen molar-refractivity contribution >= 4 is 36.4 Å². The summed E-state index contributed by atoms with van der Waals surface area (Å²) in [5, 5.41) is 10.6. The SMILES string of the molecule is Cc1ncccc1NC(=O)C1(n2cccn2)CCNCC1.Cl.Cl. The fraction of sp³-hybridized carbons (Fsp3) is 0.400. The van der Waals surface area contributed by atoms with Crippen molar-refractivity contribution in [3.05, 3.63) is 42.5 Å². The van der Waals surface area contributed by atoms with E-state index in [4.69, 9.17) is 0 Å². The van der Waals surface area contributed by atoms with E-state index in [2.05, 4.69) is 20.7 Å². The van der Waals surface area contributed by atoms with Crippen LogP contribution in [0.2, 0.25) is 0 Å². The van der Waals surface area contributed by atoms with Gasteiger partial charge in [0.1, 0.15) is 5.54 Å². The second kappa shape index (κ2) is 8.29. The number of piperidine rings is 1. The lowest BCUT2D eigenvalue weighted by molar-refractivity contribution is -0.126. The Morgan fingerprint density at radius 2 is 2.00 bits per heavy atom. The van der Waals surface area contributed by atoms with E-state index in [1.807, 2.05) is 31.3 Å². The van der Waals surface area contributed by atoms with Crippen molar-refractivity contribution in [1.29, 1.82) is 0 Å². The molecule has 0 aliphatic carbocycles. The molecule has 0 spiro atoms. The lowest BCUT2D eigenvalue weighted by atomic mass is 9.87. The lowest BCUT2D eigenvalue weighted by Crippen LogP contribution is -2.52. The number of rotatable bonds is 3. The second-order valence-electron chi connectivity index (χ2n) is 5.32. The molecular formula is C15H21Cl2N5O. The molecule has 0 saturated carbocycles. The molecule has 8 heteroatoms. The fourth-order valence-corrected chi connectivity index (χ4v) is 2.78. The standard InChI is InChI=1S/C15H19N5O.2ClH/c1-12-13(4-2-7-17-12)19-14(21)15(5-9-16-10-6-15)20-11-3-8-18-20;;/h2-4,7-8,11,16H,5-6,9-10H2,1H3,(H,19,21);2*1H. The molecule has 0 radical (unpaired) electrons. The van der Waals surface area contributed by atoms with E-state index < -0.39 is 5.54 Å². The molecule has 6 nitrogen and oxygen atoms in total. The van der Waals surface area contributed by atoms with Gasteiger partial charge in [0, 0.05) is 18.6 Å². The minimum absolute atomic E-state index is 0. The van der Waals surface area contributed by atoms with Crippen LogP contribution in [0.15, 0.2) is 36.8 Å². The lowest BCUT2D eigenvalue weighted by Gasteiger charge is -2.36. The smallest absolute Gasteiger partial charge is 0.252 e. The third-order valence-corrected chi connectivity index (χ3v) is 4.05. The third kappa shape index (κ3) is 3.83. The van der Waals surface area contributed by atoms with Crippen LogP contribution in [0.25, 0.3) is 0 Å². The maximum absolute atomic E-state index is 12.9. The van der Waals surface area contributed by atoms with E-state index in [0.29, 0.717) is 0 Å². The molecule has 1 aliphatic heterocycles. The zero-order valence-electron chi connectivity index (χ0n) is 12.9. The van der Waals surface area contributed by atoms with Crippen molar-refractivity contribution in [3.8, 4) is 0 Å². The second-order valence-corrected chi connectivity index (χ2v) is 5.32. The summed E-state index contributed by atoms with van der Waals surface area (Å²) in [7, 11) is 0. The normalized spacial score (nSPS) is 15.9. The fourth-order valence-electron chi connectivity index (χ4n) is 2.78. The van der Waals surface area contributed by atoms with Crippen LogP contribution >= 0.6 is 24.8 Å². The van der Waals surface area contributed by atoms with Crippen LogP contribution in [0.3, 0.4) is 0 Å². The van der Waals surface area contributed by atoms with E-state index in [9.17, 15) is 4.79 Å². The van der Waals surface area contributed by atoms with Crippen molar-refractivity contribution < 1.29 is 4.79 Å².